The van der Waals surface area contributed by atoms with Gasteiger partial charge >= 0.3 is 0 Å². The number of hydrogen-bond acceptors (Lipinski definition) is 0. The molecular formula is C15H20P2. The lowest BCUT2D eigenvalue weighted by Crippen LogP contribution is -2.17. The smallest absolute Gasteiger partial charge is 0.00534 e. The summed E-state index contributed by atoms with van der Waals surface area (Å²) in [6.07, 6.45) is 20.6. The van der Waals surface area contributed by atoms with Crippen LogP contribution in [0.25, 0.3) is 0 Å². The fourth-order valence-electron chi connectivity index (χ4n) is 3.31. The monoisotopic (exact) mass is 262 g/mol. The van der Waals surface area contributed by atoms with Crippen molar-refractivity contribution < 1.29 is 0 Å². The molecule has 0 N–H and O–H groups in total. The molecule has 0 radical (unpaired) electrons. The third-order valence-electron chi connectivity index (χ3n) is 4.28. The van der Waals surface area contributed by atoms with Gasteiger partial charge in [-0.25, -0.2) is 0 Å². The highest BCUT2D eigenvalue weighted by Crippen LogP contribution is 2.47. The first kappa shape index (κ1) is 11.9. The summed E-state index contributed by atoms with van der Waals surface area (Å²) >= 11 is 0. The zero-order valence-corrected chi connectivity index (χ0v) is 12.2. The molecule has 17 heavy (non-hydrogen) atoms. The molecule has 90 valence electrons. The molecule has 3 rings (SSSR count). The van der Waals surface area contributed by atoms with Crippen molar-refractivity contribution in [2.75, 3.05) is 0 Å². The molecule has 0 nitrogen and oxygen atoms in total. The summed E-state index contributed by atoms with van der Waals surface area (Å²) in [5.41, 5.74) is 2.54. The second-order valence-electron chi connectivity index (χ2n) is 5.26. The van der Waals surface area contributed by atoms with Crippen LogP contribution in [-0.2, 0) is 0 Å². The van der Waals surface area contributed by atoms with Gasteiger partial charge in [0.25, 0.3) is 0 Å². The lowest BCUT2D eigenvalue weighted by atomic mass is 9.80. The van der Waals surface area contributed by atoms with E-state index in [0.29, 0.717) is 11.8 Å². The molecule has 0 aromatic rings. The van der Waals surface area contributed by atoms with Crippen molar-refractivity contribution in [1.29, 1.82) is 0 Å². The molecule has 0 heterocycles. The lowest BCUT2D eigenvalue weighted by Gasteiger charge is -2.27. The van der Waals surface area contributed by atoms with E-state index in [2.05, 4.69) is 51.5 Å². The van der Waals surface area contributed by atoms with Gasteiger partial charge in [-0.2, -0.15) is 0 Å². The topological polar surface area (TPSA) is 0 Å². The van der Waals surface area contributed by atoms with Crippen molar-refractivity contribution in [3.63, 3.8) is 0 Å². The van der Waals surface area contributed by atoms with Gasteiger partial charge in [-0.15, -0.1) is 8.93 Å². The molecule has 2 heteroatoms. The van der Waals surface area contributed by atoms with E-state index in [1.54, 1.807) is 5.57 Å². The summed E-state index contributed by atoms with van der Waals surface area (Å²) in [7, 11) is 3.99. The fourth-order valence-corrected chi connectivity index (χ4v) is 5.47. The summed E-state index contributed by atoms with van der Waals surface area (Å²) in [6.45, 7) is 0. The normalized spacial score (nSPS) is 39.9. The van der Waals surface area contributed by atoms with Crippen LogP contribution in [0.3, 0.4) is 0 Å². The Morgan fingerprint density at radius 1 is 1.06 bits per heavy atom. The molecule has 1 saturated carbocycles. The highest BCUT2D eigenvalue weighted by atomic mass is 32.0. The van der Waals surface area contributed by atoms with Gasteiger partial charge in [-0.05, 0) is 30.0 Å². The molecule has 5 unspecified atom stereocenters. The molecule has 6 atom stereocenters. The Balaban J connectivity index is 1.80. The van der Waals surface area contributed by atoms with Gasteiger partial charge in [0, 0.05) is 11.8 Å². The van der Waals surface area contributed by atoms with Crippen LogP contribution < -0.4 is 0 Å². The minimum Gasteiger partial charge on any atom is -0.114 e. The number of hydrogen-bond donors (Lipinski definition) is 0. The molecule has 0 spiro atoms. The van der Waals surface area contributed by atoms with E-state index in [9.17, 15) is 0 Å². The third kappa shape index (κ3) is 2.35. The SMILES string of the molecule is PP[C@H]1CCCC1C1=CC2C=CC=CC2C=C1. The van der Waals surface area contributed by atoms with Crippen LogP contribution in [0, 0.1) is 17.8 Å². The highest BCUT2D eigenvalue weighted by Gasteiger charge is 2.30. The molecule has 0 amide bonds. The standard InChI is InChI=1S/C15H20P2/c16-17-15-7-3-6-14(15)13-9-8-11-4-1-2-5-12(11)10-13/h1-2,4-5,8-12,14-15,17H,3,6-7,16H2/t11?,12?,14?,15-/m0/s1. The average molecular weight is 262 g/mol. The first-order valence-electron chi connectivity index (χ1n) is 6.59. The Kier molecular flexibility index (Phi) is 3.64. The molecule has 0 aromatic carbocycles. The van der Waals surface area contributed by atoms with Gasteiger partial charge in [0.2, 0.25) is 0 Å². The molecular weight excluding hydrogens is 242 g/mol. The summed E-state index contributed by atoms with van der Waals surface area (Å²) in [6, 6.07) is 0. The average Bonchev–Trinajstić information content (AvgIpc) is 2.86. The van der Waals surface area contributed by atoms with Gasteiger partial charge in [-0.1, -0.05) is 57.2 Å². The second kappa shape index (κ2) is 5.21. The number of rotatable bonds is 2. The summed E-state index contributed by atoms with van der Waals surface area (Å²) in [5.74, 6) is 2.07. The first-order chi connectivity index (χ1) is 8.38. The van der Waals surface area contributed by atoms with Crippen molar-refractivity contribution in [2.24, 2.45) is 17.8 Å². The van der Waals surface area contributed by atoms with Gasteiger partial charge in [0.15, 0.2) is 0 Å². The van der Waals surface area contributed by atoms with Gasteiger partial charge in [0.05, 0.1) is 0 Å². The Morgan fingerprint density at radius 2 is 1.88 bits per heavy atom. The van der Waals surface area contributed by atoms with E-state index in [0.717, 1.165) is 19.8 Å². The van der Waals surface area contributed by atoms with Crippen LogP contribution in [0.4, 0.5) is 0 Å². The summed E-state index contributed by atoms with van der Waals surface area (Å²) < 4.78 is 0. The number of allylic oxidation sites excluding steroid dienone is 8. The van der Waals surface area contributed by atoms with Crippen LogP contribution in [0.5, 0.6) is 0 Å². The van der Waals surface area contributed by atoms with Gasteiger partial charge in [0.1, 0.15) is 0 Å². The Morgan fingerprint density at radius 3 is 2.71 bits per heavy atom. The molecule has 0 aromatic heterocycles. The van der Waals surface area contributed by atoms with Crippen molar-refractivity contribution in [3.8, 4) is 0 Å². The summed E-state index contributed by atoms with van der Waals surface area (Å²) in [5, 5.41) is 0. The van der Waals surface area contributed by atoms with E-state index >= 15 is 0 Å². The molecule has 0 saturated heterocycles. The highest BCUT2D eigenvalue weighted by molar-refractivity contribution is 8.03. The molecule has 0 aliphatic heterocycles. The number of fused-ring (bicyclic) bond motifs is 1. The van der Waals surface area contributed by atoms with Crippen LogP contribution in [-0.4, -0.2) is 5.66 Å². The lowest BCUT2D eigenvalue weighted by molar-refractivity contribution is 0.608. The van der Waals surface area contributed by atoms with Crippen molar-refractivity contribution in [3.05, 3.63) is 48.1 Å². The van der Waals surface area contributed by atoms with E-state index in [4.69, 9.17) is 0 Å². The molecule has 3 aliphatic rings. The molecule has 1 fully saturated rings. The second-order valence-corrected chi connectivity index (χ2v) is 7.34. The molecule has 0 bridgehead atoms. The Hall–Kier alpha value is -0.180. The van der Waals surface area contributed by atoms with Gasteiger partial charge < -0.3 is 0 Å². The quantitative estimate of drug-likeness (QED) is 0.644. The third-order valence-corrected chi connectivity index (χ3v) is 6.68. The van der Waals surface area contributed by atoms with Gasteiger partial charge in [-0.3, -0.25) is 0 Å². The maximum atomic E-state index is 2.97. The van der Waals surface area contributed by atoms with Crippen LogP contribution in [0.1, 0.15) is 19.3 Å². The first-order valence-corrected chi connectivity index (χ1v) is 9.48. The van der Waals surface area contributed by atoms with Crippen LogP contribution in [0.15, 0.2) is 48.1 Å². The van der Waals surface area contributed by atoms with E-state index in [-0.39, 0.29) is 0 Å². The van der Waals surface area contributed by atoms with E-state index < -0.39 is 0 Å². The van der Waals surface area contributed by atoms with Crippen molar-refractivity contribution >= 4 is 17.2 Å². The van der Waals surface area contributed by atoms with Crippen molar-refractivity contribution in [2.45, 2.75) is 24.9 Å². The fraction of sp³-hybridized carbons (Fsp3) is 0.467. The predicted molar refractivity (Wildman–Crippen MR) is 81.6 cm³/mol. The van der Waals surface area contributed by atoms with E-state index in [1.807, 2.05) is 0 Å². The van der Waals surface area contributed by atoms with Crippen LogP contribution in [0.2, 0.25) is 0 Å². The van der Waals surface area contributed by atoms with Crippen molar-refractivity contribution in [1.82, 2.24) is 0 Å². The maximum Gasteiger partial charge on any atom is 0.00534 e. The summed E-state index contributed by atoms with van der Waals surface area (Å²) in [4.78, 5) is 0. The maximum absolute atomic E-state index is 2.97. The van der Waals surface area contributed by atoms with Crippen LogP contribution >= 0.6 is 17.2 Å². The Bertz CT molecular complexity index is 403. The zero-order valence-electron chi connectivity index (χ0n) is 10.0. The Labute approximate surface area is 108 Å². The minimum atomic E-state index is 0.613. The zero-order chi connectivity index (χ0) is 11.7. The predicted octanol–water partition coefficient (Wildman–Crippen LogP) is 4.48. The largest absolute Gasteiger partial charge is 0.114 e. The molecule has 3 aliphatic carbocycles. The minimum absolute atomic E-state index is 0.613. The van der Waals surface area contributed by atoms with E-state index in [1.165, 1.54) is 19.3 Å².